The zero-order valence-electron chi connectivity index (χ0n) is 18.2. The lowest BCUT2D eigenvalue weighted by Crippen LogP contribution is -2.40. The number of rotatable bonds is 10. The molecule has 0 unspecified atom stereocenters. The lowest BCUT2D eigenvalue weighted by molar-refractivity contribution is -0.123. The predicted octanol–water partition coefficient (Wildman–Crippen LogP) is 3.51. The average Bonchev–Trinajstić information content (AvgIpc) is 2.79. The maximum Gasteiger partial charge on any atom is 0.265 e. The number of Topliss-reactive ketones (excluding diaryl/α,β-unsaturated/α-hetero) is 1. The highest BCUT2D eigenvalue weighted by Gasteiger charge is 2.26. The molecule has 2 amide bonds. The van der Waals surface area contributed by atoms with Gasteiger partial charge in [-0.25, -0.2) is 4.39 Å². The van der Waals surface area contributed by atoms with Gasteiger partial charge in [-0.15, -0.1) is 0 Å². The van der Waals surface area contributed by atoms with Gasteiger partial charge in [0.15, 0.2) is 30.6 Å². The van der Waals surface area contributed by atoms with Crippen LogP contribution in [0.3, 0.4) is 0 Å². The molecule has 0 spiro atoms. The largest absolute Gasteiger partial charge is 0.482 e. The van der Waals surface area contributed by atoms with Gasteiger partial charge < -0.3 is 19.7 Å². The van der Waals surface area contributed by atoms with Gasteiger partial charge >= 0.3 is 0 Å². The molecule has 1 aliphatic rings. The van der Waals surface area contributed by atoms with Gasteiger partial charge in [-0.3, -0.25) is 14.4 Å². The van der Waals surface area contributed by atoms with E-state index in [0.717, 1.165) is 6.42 Å². The van der Waals surface area contributed by atoms with Crippen LogP contribution in [0.5, 0.6) is 11.5 Å². The van der Waals surface area contributed by atoms with Gasteiger partial charge in [-0.05, 0) is 50.1 Å². The molecule has 1 N–H and O–H groups in total. The molecule has 3 rings (SSSR count). The van der Waals surface area contributed by atoms with Crippen molar-refractivity contribution in [2.75, 3.05) is 24.7 Å². The molecule has 0 aliphatic carbocycles. The number of ether oxygens (including phenoxy) is 2. The number of nitrogens with zero attached hydrogens (tertiary/aromatic N) is 1. The molecule has 170 valence electrons. The van der Waals surface area contributed by atoms with Gasteiger partial charge in [0.25, 0.3) is 5.91 Å². The Morgan fingerprint density at radius 3 is 2.78 bits per heavy atom. The summed E-state index contributed by atoms with van der Waals surface area (Å²) in [5.41, 5.74) is 0.790. The average molecular weight is 442 g/mol. The lowest BCUT2D eigenvalue weighted by Gasteiger charge is -2.29. The minimum atomic E-state index is -0.548. The van der Waals surface area contributed by atoms with Crippen LogP contribution in [0.15, 0.2) is 42.5 Å². The molecule has 0 radical (unpaired) electrons. The maximum absolute atomic E-state index is 13.7. The normalized spacial score (nSPS) is 13.7. The lowest BCUT2D eigenvalue weighted by atomic mass is 10.1. The zero-order chi connectivity index (χ0) is 23.1. The van der Waals surface area contributed by atoms with Crippen molar-refractivity contribution in [1.29, 1.82) is 0 Å². The Balaban J connectivity index is 1.65. The van der Waals surface area contributed by atoms with Gasteiger partial charge in [0.2, 0.25) is 5.91 Å². The Morgan fingerprint density at radius 2 is 2.03 bits per heavy atom. The summed E-state index contributed by atoms with van der Waals surface area (Å²) in [4.78, 5) is 38.6. The predicted molar refractivity (Wildman–Crippen MR) is 118 cm³/mol. The molecular formula is C24H27FN2O5. The number of para-hydroxylation sites is 1. The molecule has 1 aliphatic heterocycles. The van der Waals surface area contributed by atoms with E-state index in [1.54, 1.807) is 24.3 Å². The van der Waals surface area contributed by atoms with Gasteiger partial charge in [0.05, 0.1) is 5.69 Å². The molecule has 32 heavy (non-hydrogen) atoms. The van der Waals surface area contributed by atoms with E-state index in [1.165, 1.54) is 23.1 Å². The highest BCUT2D eigenvalue weighted by atomic mass is 19.1. The molecule has 2 aromatic carbocycles. The van der Waals surface area contributed by atoms with Crippen LogP contribution < -0.4 is 19.7 Å². The number of fused-ring (bicyclic) bond motifs is 1. The van der Waals surface area contributed by atoms with E-state index >= 15 is 0 Å². The van der Waals surface area contributed by atoms with Crippen molar-refractivity contribution < 1.29 is 28.2 Å². The number of carbonyl (C=O) groups is 3. The van der Waals surface area contributed by atoms with Crippen molar-refractivity contribution in [2.45, 2.75) is 39.2 Å². The van der Waals surface area contributed by atoms with Gasteiger partial charge in [0, 0.05) is 24.6 Å². The number of ketones is 1. The van der Waals surface area contributed by atoms with E-state index in [2.05, 4.69) is 5.32 Å². The van der Waals surface area contributed by atoms with Crippen LogP contribution in [-0.4, -0.2) is 43.4 Å². The smallest absolute Gasteiger partial charge is 0.265 e. The van der Waals surface area contributed by atoms with E-state index in [1.807, 2.05) is 13.8 Å². The van der Waals surface area contributed by atoms with Crippen molar-refractivity contribution in [1.82, 2.24) is 5.32 Å². The maximum atomic E-state index is 13.7. The number of halogens is 1. The first-order chi connectivity index (χ1) is 15.4. The first kappa shape index (κ1) is 23.2. The molecule has 0 saturated carbocycles. The second-order valence-corrected chi connectivity index (χ2v) is 7.64. The number of benzene rings is 2. The second-order valence-electron chi connectivity index (χ2n) is 7.64. The van der Waals surface area contributed by atoms with Crippen LogP contribution in [0.1, 0.15) is 43.5 Å². The topological polar surface area (TPSA) is 84.9 Å². The van der Waals surface area contributed by atoms with Crippen LogP contribution >= 0.6 is 0 Å². The number of anilines is 1. The zero-order valence-corrected chi connectivity index (χ0v) is 18.2. The summed E-state index contributed by atoms with van der Waals surface area (Å²) in [6.07, 6.45) is 1.61. The monoisotopic (exact) mass is 442 g/mol. The fourth-order valence-electron chi connectivity index (χ4n) is 3.26. The van der Waals surface area contributed by atoms with E-state index in [0.29, 0.717) is 36.4 Å². The van der Waals surface area contributed by atoms with Crippen molar-refractivity contribution in [2.24, 2.45) is 0 Å². The van der Waals surface area contributed by atoms with Crippen LogP contribution in [0.25, 0.3) is 0 Å². The SMILES string of the molecule is CC[C@H](C)NC(=O)CCCN1C(=O)COc2ccc(C(=O)COc3ccccc3F)cc21. The first-order valence-corrected chi connectivity index (χ1v) is 10.7. The number of hydrogen-bond donors (Lipinski definition) is 1. The summed E-state index contributed by atoms with van der Waals surface area (Å²) in [6, 6.07) is 10.7. The molecule has 0 bridgehead atoms. The minimum Gasteiger partial charge on any atom is -0.482 e. The van der Waals surface area contributed by atoms with Gasteiger partial charge in [0.1, 0.15) is 5.75 Å². The highest BCUT2D eigenvalue weighted by Crippen LogP contribution is 2.33. The Hall–Kier alpha value is -3.42. The van der Waals surface area contributed by atoms with Crippen LogP contribution in [0, 0.1) is 5.82 Å². The van der Waals surface area contributed by atoms with Gasteiger partial charge in [-0.2, -0.15) is 0 Å². The quantitative estimate of drug-likeness (QED) is 0.569. The minimum absolute atomic E-state index is 0.00499. The molecule has 0 fully saturated rings. The van der Waals surface area contributed by atoms with Crippen molar-refractivity contribution >= 4 is 23.3 Å². The van der Waals surface area contributed by atoms with Crippen LogP contribution in [0.2, 0.25) is 0 Å². The summed E-state index contributed by atoms with van der Waals surface area (Å²) in [5.74, 6) is -0.730. The van der Waals surface area contributed by atoms with E-state index in [-0.39, 0.29) is 42.6 Å². The van der Waals surface area contributed by atoms with Crippen LogP contribution in [-0.2, 0) is 9.59 Å². The molecule has 7 nitrogen and oxygen atoms in total. The van der Waals surface area contributed by atoms with E-state index in [4.69, 9.17) is 9.47 Å². The van der Waals surface area contributed by atoms with Crippen molar-refractivity contribution in [3.05, 3.63) is 53.8 Å². The Kier molecular flexibility index (Phi) is 7.81. The second kappa shape index (κ2) is 10.7. The first-order valence-electron chi connectivity index (χ1n) is 10.7. The van der Waals surface area contributed by atoms with E-state index < -0.39 is 5.82 Å². The van der Waals surface area contributed by atoms with Crippen LogP contribution in [0.4, 0.5) is 10.1 Å². The number of hydrogen-bond acceptors (Lipinski definition) is 5. The highest BCUT2D eigenvalue weighted by molar-refractivity contribution is 6.02. The third-order valence-corrected chi connectivity index (χ3v) is 5.22. The summed E-state index contributed by atoms with van der Waals surface area (Å²) in [6.45, 7) is 3.81. The Labute approximate surface area is 186 Å². The fraction of sp³-hybridized carbons (Fsp3) is 0.375. The molecule has 0 saturated heterocycles. The number of amides is 2. The van der Waals surface area contributed by atoms with Crippen molar-refractivity contribution in [3.8, 4) is 11.5 Å². The summed E-state index contributed by atoms with van der Waals surface area (Å²) in [5, 5.41) is 2.90. The third-order valence-electron chi connectivity index (χ3n) is 5.22. The molecule has 1 atom stereocenters. The molecule has 2 aromatic rings. The summed E-state index contributed by atoms with van der Waals surface area (Å²) >= 11 is 0. The summed E-state index contributed by atoms with van der Waals surface area (Å²) in [7, 11) is 0. The van der Waals surface area contributed by atoms with Gasteiger partial charge in [-0.1, -0.05) is 19.1 Å². The van der Waals surface area contributed by atoms with E-state index in [9.17, 15) is 18.8 Å². The Morgan fingerprint density at radius 1 is 1.25 bits per heavy atom. The summed E-state index contributed by atoms with van der Waals surface area (Å²) < 4.78 is 24.5. The molecular weight excluding hydrogens is 415 g/mol. The molecule has 1 heterocycles. The molecule has 8 heteroatoms. The number of nitrogens with one attached hydrogen (secondary N) is 1. The standard InChI is InChI=1S/C24H27FN2O5/c1-3-16(2)26-23(29)9-6-12-27-19-13-17(10-11-22(19)32-15-24(27)30)20(28)14-31-21-8-5-4-7-18(21)25/h4-5,7-8,10-11,13,16H,3,6,9,12,14-15H2,1-2H3,(H,26,29)/t16-/m0/s1. The Bertz CT molecular complexity index is 994. The van der Waals surface area contributed by atoms with Crippen molar-refractivity contribution in [3.63, 3.8) is 0 Å². The third kappa shape index (κ3) is 5.84. The number of carbonyl (C=O) groups excluding carboxylic acids is 3. The molecule has 0 aromatic heterocycles. The fourth-order valence-corrected chi connectivity index (χ4v) is 3.26.